The van der Waals surface area contributed by atoms with Crippen LogP contribution in [0.5, 0.6) is 0 Å². The van der Waals surface area contributed by atoms with Crippen LogP contribution < -0.4 is 0 Å². The van der Waals surface area contributed by atoms with Crippen molar-refractivity contribution in [1.29, 1.82) is 0 Å². The number of halogens is 2. The smallest absolute Gasteiger partial charge is 0.110 e. The zero-order chi connectivity index (χ0) is 12.4. The molecule has 0 aliphatic heterocycles. The van der Waals surface area contributed by atoms with Crippen molar-refractivity contribution in [2.45, 2.75) is 12.8 Å². The fourth-order valence-electron chi connectivity index (χ4n) is 2.00. The number of benzene rings is 1. The van der Waals surface area contributed by atoms with E-state index in [-0.39, 0.29) is 0 Å². The fraction of sp³-hybridized carbons (Fsp3) is 0.385. The van der Waals surface area contributed by atoms with Gasteiger partial charge >= 0.3 is 0 Å². The molecule has 1 N–H and O–H groups in total. The molecule has 0 unspecified atom stereocenters. The van der Waals surface area contributed by atoms with Crippen molar-refractivity contribution in [3.8, 4) is 0 Å². The summed E-state index contributed by atoms with van der Waals surface area (Å²) in [7, 11) is 4.18. The minimum Gasteiger partial charge on any atom is -0.345 e. The number of rotatable bonds is 4. The molecule has 2 aromatic rings. The van der Waals surface area contributed by atoms with E-state index in [1.54, 1.807) is 0 Å². The van der Waals surface area contributed by atoms with Crippen LogP contribution in [0.4, 0.5) is 0 Å². The lowest BCUT2D eigenvalue weighted by Crippen LogP contribution is -2.13. The first-order valence-corrected chi connectivity index (χ1v) is 6.85. The zero-order valence-electron chi connectivity index (χ0n) is 10.1. The van der Waals surface area contributed by atoms with Crippen LogP contribution in [0.1, 0.15) is 12.0 Å². The first kappa shape index (κ1) is 12.9. The summed E-state index contributed by atoms with van der Waals surface area (Å²) in [6.07, 6.45) is 2.12. The maximum Gasteiger partial charge on any atom is 0.110 e. The lowest BCUT2D eigenvalue weighted by molar-refractivity contribution is 0.400. The van der Waals surface area contributed by atoms with Gasteiger partial charge < -0.3 is 9.88 Å². The summed E-state index contributed by atoms with van der Waals surface area (Å²) in [5, 5.41) is 2.00. The molecule has 92 valence electrons. The molecule has 0 aliphatic rings. The molecule has 1 aromatic heterocycles. The van der Waals surface area contributed by atoms with Crippen LogP contribution in [0.15, 0.2) is 22.7 Å². The minimum absolute atomic E-state index is 0.775. The molecular formula is C13H16BrClN2. The first-order valence-electron chi connectivity index (χ1n) is 5.68. The van der Waals surface area contributed by atoms with E-state index in [9.17, 15) is 0 Å². The fourth-order valence-corrected chi connectivity index (χ4v) is 2.66. The van der Waals surface area contributed by atoms with Crippen molar-refractivity contribution in [2.24, 2.45) is 0 Å². The molecule has 0 bridgehead atoms. The Bertz CT molecular complexity index is 519. The van der Waals surface area contributed by atoms with Crippen LogP contribution >= 0.6 is 27.5 Å². The lowest BCUT2D eigenvalue weighted by atomic mass is 10.1. The average Bonchev–Trinajstić information content (AvgIpc) is 2.55. The van der Waals surface area contributed by atoms with E-state index >= 15 is 0 Å². The monoisotopic (exact) mass is 314 g/mol. The van der Waals surface area contributed by atoms with E-state index in [4.69, 9.17) is 11.6 Å². The first-order chi connectivity index (χ1) is 8.08. The third-order valence-corrected chi connectivity index (χ3v) is 3.66. The molecule has 2 rings (SSSR count). The Kier molecular flexibility index (Phi) is 4.13. The number of aromatic nitrogens is 1. The Labute approximate surface area is 115 Å². The van der Waals surface area contributed by atoms with Crippen LogP contribution in [0.2, 0.25) is 5.15 Å². The van der Waals surface area contributed by atoms with Crippen LogP contribution in [0.25, 0.3) is 10.9 Å². The van der Waals surface area contributed by atoms with Crippen molar-refractivity contribution in [2.75, 3.05) is 20.6 Å². The summed E-state index contributed by atoms with van der Waals surface area (Å²) in [6, 6.07) is 6.21. The third-order valence-electron chi connectivity index (χ3n) is 2.85. The molecule has 1 aromatic carbocycles. The Morgan fingerprint density at radius 2 is 2.12 bits per heavy atom. The van der Waals surface area contributed by atoms with Gasteiger partial charge in [-0.05, 0) is 57.2 Å². The van der Waals surface area contributed by atoms with Gasteiger partial charge in [0.1, 0.15) is 5.15 Å². The Balaban J connectivity index is 2.26. The number of nitrogens with one attached hydrogen (secondary N) is 1. The molecule has 0 saturated heterocycles. The highest BCUT2D eigenvalue weighted by atomic mass is 79.9. The molecule has 0 spiro atoms. The molecule has 2 nitrogen and oxygen atoms in total. The molecule has 1 heterocycles. The topological polar surface area (TPSA) is 19.0 Å². The number of H-pyrrole nitrogens is 1. The van der Waals surface area contributed by atoms with Gasteiger partial charge in [0.05, 0.1) is 0 Å². The van der Waals surface area contributed by atoms with E-state index in [0.29, 0.717) is 0 Å². The zero-order valence-corrected chi connectivity index (χ0v) is 12.4. The Morgan fingerprint density at radius 1 is 1.35 bits per heavy atom. The predicted octanol–water partition coefficient (Wildman–Crippen LogP) is 4.08. The van der Waals surface area contributed by atoms with Crippen molar-refractivity contribution in [3.63, 3.8) is 0 Å². The number of hydrogen-bond donors (Lipinski definition) is 1. The molecular weight excluding hydrogens is 300 g/mol. The van der Waals surface area contributed by atoms with E-state index < -0.39 is 0 Å². The molecule has 0 saturated carbocycles. The highest BCUT2D eigenvalue weighted by Crippen LogP contribution is 2.29. The standard InChI is InChI=1S/C13H16BrClN2/c1-17(2)7-3-4-10-11-8-9(14)5-6-12(11)16-13(10)15/h5-6,8,16H,3-4,7H2,1-2H3. The molecule has 0 radical (unpaired) electrons. The van der Waals surface area contributed by atoms with Gasteiger partial charge in [-0.1, -0.05) is 27.5 Å². The maximum absolute atomic E-state index is 6.25. The van der Waals surface area contributed by atoms with Crippen LogP contribution in [-0.4, -0.2) is 30.5 Å². The van der Waals surface area contributed by atoms with Gasteiger partial charge in [-0.15, -0.1) is 0 Å². The van der Waals surface area contributed by atoms with Gasteiger partial charge in [-0.3, -0.25) is 0 Å². The number of aromatic amines is 1. The summed E-state index contributed by atoms with van der Waals surface area (Å²) in [5.74, 6) is 0. The second-order valence-electron chi connectivity index (χ2n) is 4.51. The van der Waals surface area contributed by atoms with Gasteiger partial charge in [0, 0.05) is 15.4 Å². The summed E-state index contributed by atoms with van der Waals surface area (Å²) in [6.45, 7) is 1.08. The summed E-state index contributed by atoms with van der Waals surface area (Å²) in [5.41, 5.74) is 2.34. The summed E-state index contributed by atoms with van der Waals surface area (Å²) < 4.78 is 1.09. The van der Waals surface area contributed by atoms with Gasteiger partial charge in [0.2, 0.25) is 0 Å². The molecule has 0 amide bonds. The highest BCUT2D eigenvalue weighted by Gasteiger charge is 2.09. The second kappa shape index (κ2) is 5.42. The highest BCUT2D eigenvalue weighted by molar-refractivity contribution is 9.10. The molecule has 0 atom stereocenters. The van der Waals surface area contributed by atoms with E-state index in [1.165, 1.54) is 10.9 Å². The van der Waals surface area contributed by atoms with Crippen molar-refractivity contribution in [3.05, 3.63) is 33.4 Å². The largest absolute Gasteiger partial charge is 0.345 e. The third kappa shape index (κ3) is 3.03. The maximum atomic E-state index is 6.25. The normalized spacial score (nSPS) is 11.6. The summed E-state index contributed by atoms with van der Waals surface area (Å²) in [4.78, 5) is 5.42. The lowest BCUT2D eigenvalue weighted by Gasteiger charge is -2.08. The minimum atomic E-state index is 0.775. The Morgan fingerprint density at radius 3 is 2.82 bits per heavy atom. The van der Waals surface area contributed by atoms with E-state index in [0.717, 1.165) is 34.5 Å². The van der Waals surface area contributed by atoms with Gasteiger partial charge in [-0.25, -0.2) is 0 Å². The number of hydrogen-bond acceptors (Lipinski definition) is 1. The van der Waals surface area contributed by atoms with E-state index in [1.807, 2.05) is 6.07 Å². The molecule has 17 heavy (non-hydrogen) atoms. The number of fused-ring (bicyclic) bond motifs is 1. The molecule has 0 fully saturated rings. The van der Waals surface area contributed by atoms with Crippen LogP contribution in [-0.2, 0) is 6.42 Å². The molecule has 4 heteroatoms. The van der Waals surface area contributed by atoms with E-state index in [2.05, 4.69) is 52.0 Å². The summed E-state index contributed by atoms with van der Waals surface area (Å²) >= 11 is 9.75. The van der Waals surface area contributed by atoms with Gasteiger partial charge in [-0.2, -0.15) is 0 Å². The predicted molar refractivity (Wildman–Crippen MR) is 77.9 cm³/mol. The van der Waals surface area contributed by atoms with Crippen molar-refractivity contribution in [1.82, 2.24) is 9.88 Å². The SMILES string of the molecule is CN(C)CCCc1c(Cl)[nH]c2ccc(Br)cc12. The number of aryl methyl sites for hydroxylation is 1. The number of nitrogens with zero attached hydrogens (tertiary/aromatic N) is 1. The van der Waals surface area contributed by atoms with Crippen LogP contribution in [0, 0.1) is 0 Å². The van der Waals surface area contributed by atoms with Crippen molar-refractivity contribution >= 4 is 38.4 Å². The Hall–Kier alpha value is -0.510. The molecule has 0 aliphatic carbocycles. The van der Waals surface area contributed by atoms with Crippen LogP contribution in [0.3, 0.4) is 0 Å². The average molecular weight is 316 g/mol. The van der Waals surface area contributed by atoms with Gasteiger partial charge in [0.15, 0.2) is 0 Å². The van der Waals surface area contributed by atoms with Crippen molar-refractivity contribution < 1.29 is 0 Å². The quantitative estimate of drug-likeness (QED) is 0.901. The van der Waals surface area contributed by atoms with Gasteiger partial charge in [0.25, 0.3) is 0 Å². The second-order valence-corrected chi connectivity index (χ2v) is 5.81.